The van der Waals surface area contributed by atoms with Crippen molar-refractivity contribution in [3.63, 3.8) is 0 Å². The molecule has 0 spiro atoms. The average Bonchev–Trinajstić information content (AvgIpc) is 3.09. The van der Waals surface area contributed by atoms with E-state index in [0.29, 0.717) is 5.82 Å². The second-order valence-electron chi connectivity index (χ2n) is 5.15. The number of rotatable bonds is 4. The van der Waals surface area contributed by atoms with Crippen LogP contribution in [0.5, 0.6) is 0 Å². The molecule has 1 saturated heterocycles. The molecule has 1 aromatic heterocycles. The minimum atomic E-state index is -0.102. The molecule has 1 aliphatic rings. The van der Waals surface area contributed by atoms with Crippen molar-refractivity contribution in [2.24, 2.45) is 0 Å². The Bertz CT molecular complexity index is 529. The van der Waals surface area contributed by atoms with E-state index in [0.717, 1.165) is 37.3 Å². The molecule has 1 atom stereocenters. The molecule has 2 heterocycles. The standard InChI is InChI=1S/C15H19N3O/c1-2-9-15(10-6-11-16-15)14-17-13(18-19-14)12-7-4-3-5-8-12/h3-5,7-8,16H,2,6,9-11H2,1H3. The lowest BCUT2D eigenvalue weighted by molar-refractivity contribution is 0.241. The van der Waals surface area contributed by atoms with E-state index in [-0.39, 0.29) is 5.54 Å². The van der Waals surface area contributed by atoms with Crippen molar-refractivity contribution < 1.29 is 4.52 Å². The molecule has 1 aromatic carbocycles. The minimum Gasteiger partial charge on any atom is -0.337 e. The van der Waals surface area contributed by atoms with Gasteiger partial charge in [0.15, 0.2) is 0 Å². The number of hydrogen-bond acceptors (Lipinski definition) is 4. The van der Waals surface area contributed by atoms with Crippen LogP contribution in [0.15, 0.2) is 34.9 Å². The van der Waals surface area contributed by atoms with Crippen LogP contribution in [0.4, 0.5) is 0 Å². The van der Waals surface area contributed by atoms with E-state index in [1.807, 2.05) is 30.3 Å². The molecular weight excluding hydrogens is 238 g/mol. The van der Waals surface area contributed by atoms with Crippen LogP contribution >= 0.6 is 0 Å². The molecule has 3 rings (SSSR count). The quantitative estimate of drug-likeness (QED) is 0.914. The molecule has 0 amide bonds. The summed E-state index contributed by atoms with van der Waals surface area (Å²) in [4.78, 5) is 4.61. The van der Waals surface area contributed by atoms with Crippen LogP contribution in [0.3, 0.4) is 0 Å². The van der Waals surface area contributed by atoms with Crippen LogP contribution in [0.25, 0.3) is 11.4 Å². The van der Waals surface area contributed by atoms with Gasteiger partial charge in [0.25, 0.3) is 0 Å². The highest BCUT2D eigenvalue weighted by atomic mass is 16.5. The van der Waals surface area contributed by atoms with E-state index >= 15 is 0 Å². The van der Waals surface area contributed by atoms with Crippen LogP contribution in [0, 0.1) is 0 Å². The fourth-order valence-electron chi connectivity index (χ4n) is 2.86. The minimum absolute atomic E-state index is 0.102. The highest BCUT2D eigenvalue weighted by Crippen LogP contribution is 2.35. The summed E-state index contributed by atoms with van der Waals surface area (Å²) in [5, 5.41) is 7.69. The Morgan fingerprint density at radius 3 is 2.84 bits per heavy atom. The van der Waals surface area contributed by atoms with Crippen molar-refractivity contribution in [1.82, 2.24) is 15.5 Å². The van der Waals surface area contributed by atoms with Gasteiger partial charge in [-0.05, 0) is 25.8 Å². The SMILES string of the molecule is CCCC1(c2nc(-c3ccccc3)no2)CCCN1. The van der Waals surface area contributed by atoms with Gasteiger partial charge in [0.1, 0.15) is 0 Å². The molecule has 1 N–H and O–H groups in total. The second-order valence-corrected chi connectivity index (χ2v) is 5.15. The van der Waals surface area contributed by atoms with Crippen molar-refractivity contribution in [3.05, 3.63) is 36.2 Å². The molecule has 4 nitrogen and oxygen atoms in total. The molecular formula is C15H19N3O. The summed E-state index contributed by atoms with van der Waals surface area (Å²) in [6.07, 6.45) is 4.40. The van der Waals surface area contributed by atoms with Crippen molar-refractivity contribution in [2.45, 2.75) is 38.1 Å². The zero-order valence-corrected chi connectivity index (χ0v) is 11.2. The molecule has 0 saturated carbocycles. The Labute approximate surface area is 113 Å². The van der Waals surface area contributed by atoms with Crippen LogP contribution in [-0.4, -0.2) is 16.7 Å². The number of nitrogens with one attached hydrogen (secondary N) is 1. The van der Waals surface area contributed by atoms with Gasteiger partial charge in [-0.2, -0.15) is 4.98 Å². The first-order chi connectivity index (χ1) is 9.34. The maximum atomic E-state index is 5.54. The summed E-state index contributed by atoms with van der Waals surface area (Å²) in [6.45, 7) is 3.22. The molecule has 2 aromatic rings. The van der Waals surface area contributed by atoms with Gasteiger partial charge in [-0.3, -0.25) is 0 Å². The summed E-state index contributed by atoms with van der Waals surface area (Å²) in [5.74, 6) is 1.42. The van der Waals surface area contributed by atoms with Gasteiger partial charge in [0.05, 0.1) is 5.54 Å². The smallest absolute Gasteiger partial charge is 0.247 e. The predicted molar refractivity (Wildman–Crippen MR) is 73.6 cm³/mol. The Morgan fingerprint density at radius 1 is 1.32 bits per heavy atom. The van der Waals surface area contributed by atoms with E-state index in [4.69, 9.17) is 4.52 Å². The normalized spacial score (nSPS) is 22.8. The van der Waals surface area contributed by atoms with Gasteiger partial charge in [-0.15, -0.1) is 0 Å². The average molecular weight is 257 g/mol. The van der Waals surface area contributed by atoms with Gasteiger partial charge in [0.2, 0.25) is 11.7 Å². The third kappa shape index (κ3) is 2.28. The van der Waals surface area contributed by atoms with Gasteiger partial charge in [0, 0.05) is 5.56 Å². The highest BCUT2D eigenvalue weighted by molar-refractivity contribution is 5.53. The van der Waals surface area contributed by atoms with Gasteiger partial charge in [-0.25, -0.2) is 0 Å². The Kier molecular flexibility index (Phi) is 3.34. The first-order valence-corrected chi connectivity index (χ1v) is 6.99. The molecule has 0 aliphatic carbocycles. The second kappa shape index (κ2) is 5.13. The van der Waals surface area contributed by atoms with Gasteiger partial charge >= 0.3 is 0 Å². The topological polar surface area (TPSA) is 51.0 Å². The monoisotopic (exact) mass is 257 g/mol. The highest BCUT2D eigenvalue weighted by Gasteiger charge is 2.39. The Balaban J connectivity index is 1.92. The molecule has 1 aliphatic heterocycles. The number of nitrogens with zero attached hydrogens (tertiary/aromatic N) is 2. The lowest BCUT2D eigenvalue weighted by Crippen LogP contribution is -2.36. The van der Waals surface area contributed by atoms with Gasteiger partial charge in [-0.1, -0.05) is 48.8 Å². The van der Waals surface area contributed by atoms with Crippen molar-refractivity contribution >= 4 is 0 Å². The largest absolute Gasteiger partial charge is 0.337 e. The summed E-state index contributed by atoms with van der Waals surface area (Å²) in [6, 6.07) is 9.97. The number of benzene rings is 1. The summed E-state index contributed by atoms with van der Waals surface area (Å²) in [7, 11) is 0. The first-order valence-electron chi connectivity index (χ1n) is 6.99. The molecule has 0 bridgehead atoms. The summed E-state index contributed by atoms with van der Waals surface area (Å²) < 4.78 is 5.54. The fraction of sp³-hybridized carbons (Fsp3) is 0.467. The van der Waals surface area contributed by atoms with E-state index in [9.17, 15) is 0 Å². The van der Waals surface area contributed by atoms with Crippen LogP contribution < -0.4 is 5.32 Å². The molecule has 1 unspecified atom stereocenters. The van der Waals surface area contributed by atoms with Crippen molar-refractivity contribution in [1.29, 1.82) is 0 Å². The van der Waals surface area contributed by atoms with E-state index in [1.165, 1.54) is 6.42 Å². The maximum Gasteiger partial charge on any atom is 0.247 e. The van der Waals surface area contributed by atoms with E-state index in [2.05, 4.69) is 22.4 Å². The van der Waals surface area contributed by atoms with Crippen LogP contribution in [-0.2, 0) is 5.54 Å². The molecule has 4 heteroatoms. The zero-order chi connectivity index (χ0) is 13.1. The van der Waals surface area contributed by atoms with Crippen LogP contribution in [0.1, 0.15) is 38.5 Å². The summed E-state index contributed by atoms with van der Waals surface area (Å²) >= 11 is 0. The molecule has 100 valence electrons. The number of aromatic nitrogens is 2. The predicted octanol–water partition coefficient (Wildman–Crippen LogP) is 3.12. The fourth-order valence-corrected chi connectivity index (χ4v) is 2.86. The van der Waals surface area contributed by atoms with Crippen LogP contribution in [0.2, 0.25) is 0 Å². The molecule has 1 fully saturated rings. The molecule has 19 heavy (non-hydrogen) atoms. The third-order valence-corrected chi connectivity index (χ3v) is 3.79. The first kappa shape index (κ1) is 12.4. The van der Waals surface area contributed by atoms with Gasteiger partial charge < -0.3 is 9.84 Å². The Hall–Kier alpha value is -1.68. The molecule has 0 radical (unpaired) electrons. The van der Waals surface area contributed by atoms with E-state index < -0.39 is 0 Å². The number of hydrogen-bond donors (Lipinski definition) is 1. The van der Waals surface area contributed by atoms with E-state index in [1.54, 1.807) is 0 Å². The third-order valence-electron chi connectivity index (χ3n) is 3.79. The lowest BCUT2D eigenvalue weighted by atomic mass is 9.92. The van der Waals surface area contributed by atoms with Crippen molar-refractivity contribution in [2.75, 3.05) is 6.54 Å². The Morgan fingerprint density at radius 2 is 2.16 bits per heavy atom. The summed E-state index contributed by atoms with van der Waals surface area (Å²) in [5.41, 5.74) is 0.900. The maximum absolute atomic E-state index is 5.54. The van der Waals surface area contributed by atoms with Crippen molar-refractivity contribution in [3.8, 4) is 11.4 Å². The lowest BCUT2D eigenvalue weighted by Gasteiger charge is -2.24. The zero-order valence-electron chi connectivity index (χ0n) is 11.2.